The third kappa shape index (κ3) is 3.71. The molecule has 0 fully saturated rings. The molecule has 3 rings (SSSR count). The molecule has 4 nitrogen and oxygen atoms in total. The van der Waals surface area contributed by atoms with Crippen LogP contribution in [0.25, 0.3) is 11.0 Å². The number of ether oxygens (including phenoxy) is 1. The summed E-state index contributed by atoms with van der Waals surface area (Å²) in [6.07, 6.45) is 2.15. The number of rotatable bonds is 6. The molecule has 0 aliphatic carbocycles. The van der Waals surface area contributed by atoms with Gasteiger partial charge in [0.25, 0.3) is 0 Å². The largest absolute Gasteiger partial charge is 0.491 e. The van der Waals surface area contributed by atoms with Gasteiger partial charge in [-0.25, -0.2) is 4.98 Å². The van der Waals surface area contributed by atoms with E-state index in [0.717, 1.165) is 23.2 Å². The Hall–Kier alpha value is -2.33. The monoisotopic (exact) mass is 310 g/mol. The van der Waals surface area contributed by atoms with Gasteiger partial charge in [-0.1, -0.05) is 25.1 Å². The maximum Gasteiger partial charge on any atom is 0.119 e. The summed E-state index contributed by atoms with van der Waals surface area (Å²) in [6.45, 7) is 4.91. The van der Waals surface area contributed by atoms with Gasteiger partial charge in [-0.3, -0.25) is 0 Å². The molecule has 0 radical (unpaired) electrons. The van der Waals surface area contributed by atoms with Gasteiger partial charge in [0.1, 0.15) is 18.5 Å². The molecule has 1 atom stereocenters. The van der Waals surface area contributed by atoms with Gasteiger partial charge in [-0.2, -0.15) is 0 Å². The van der Waals surface area contributed by atoms with Crippen LogP contribution in [0.4, 0.5) is 0 Å². The van der Waals surface area contributed by atoms with Crippen molar-refractivity contribution in [1.82, 2.24) is 9.55 Å². The summed E-state index contributed by atoms with van der Waals surface area (Å²) in [5.74, 6) is 0.816. The summed E-state index contributed by atoms with van der Waals surface area (Å²) in [5, 5.41) is 10.3. The molecule has 4 heteroatoms. The highest BCUT2D eigenvalue weighted by Gasteiger charge is 2.10. The molecular formula is C19H22N2O2. The molecule has 0 aliphatic rings. The first-order valence-corrected chi connectivity index (χ1v) is 7.97. The molecule has 0 aliphatic heterocycles. The van der Waals surface area contributed by atoms with Crippen LogP contribution in [0.15, 0.2) is 48.8 Å². The Balaban J connectivity index is 1.63. The van der Waals surface area contributed by atoms with E-state index in [4.69, 9.17) is 4.74 Å². The van der Waals surface area contributed by atoms with Crippen LogP contribution in [0.2, 0.25) is 0 Å². The molecule has 0 bridgehead atoms. The second kappa shape index (κ2) is 6.84. The van der Waals surface area contributed by atoms with Crippen molar-refractivity contribution in [2.45, 2.75) is 32.9 Å². The number of imidazole rings is 1. The first kappa shape index (κ1) is 15.6. The standard InChI is InChI=1S/C19H22N2O2/c1-3-15-8-14(2)9-17(10-15)23-12-16(22)11-21-13-20-18-6-4-5-7-19(18)21/h4-10,13,16,22H,3,11-12H2,1-2H3/t16-/m1/s1. The fraction of sp³-hybridized carbons (Fsp3) is 0.316. The van der Waals surface area contributed by atoms with Crippen LogP contribution >= 0.6 is 0 Å². The van der Waals surface area contributed by atoms with E-state index in [9.17, 15) is 5.11 Å². The predicted molar refractivity (Wildman–Crippen MR) is 91.8 cm³/mol. The summed E-state index contributed by atoms with van der Waals surface area (Å²) in [7, 11) is 0. The highest BCUT2D eigenvalue weighted by molar-refractivity contribution is 5.74. The minimum atomic E-state index is -0.585. The van der Waals surface area contributed by atoms with Crippen molar-refractivity contribution in [3.63, 3.8) is 0 Å². The quantitative estimate of drug-likeness (QED) is 0.759. The van der Waals surface area contributed by atoms with E-state index in [1.165, 1.54) is 11.1 Å². The molecule has 23 heavy (non-hydrogen) atoms. The van der Waals surface area contributed by atoms with Crippen LogP contribution in [-0.4, -0.2) is 27.4 Å². The zero-order chi connectivity index (χ0) is 16.2. The molecule has 0 amide bonds. The van der Waals surface area contributed by atoms with Crippen molar-refractivity contribution in [2.24, 2.45) is 0 Å². The van der Waals surface area contributed by atoms with Crippen LogP contribution in [0, 0.1) is 6.92 Å². The summed E-state index contributed by atoms with van der Waals surface area (Å²) in [4.78, 5) is 4.34. The van der Waals surface area contributed by atoms with Gasteiger partial charge >= 0.3 is 0 Å². The number of hydrogen-bond donors (Lipinski definition) is 1. The summed E-state index contributed by atoms with van der Waals surface area (Å²) < 4.78 is 7.72. The van der Waals surface area contributed by atoms with Crippen LogP contribution in [0.1, 0.15) is 18.1 Å². The summed E-state index contributed by atoms with van der Waals surface area (Å²) in [6, 6.07) is 14.1. The van der Waals surface area contributed by atoms with Gasteiger partial charge < -0.3 is 14.4 Å². The number of aromatic nitrogens is 2. The Morgan fingerprint density at radius 3 is 2.87 bits per heavy atom. The van der Waals surface area contributed by atoms with E-state index in [1.54, 1.807) is 6.33 Å². The number of hydrogen-bond acceptors (Lipinski definition) is 3. The molecule has 2 aromatic carbocycles. The highest BCUT2D eigenvalue weighted by atomic mass is 16.5. The molecule has 0 saturated heterocycles. The van der Waals surface area contributed by atoms with E-state index in [1.807, 2.05) is 41.0 Å². The van der Waals surface area contributed by atoms with Gasteiger partial charge in [-0.05, 0) is 48.7 Å². The van der Waals surface area contributed by atoms with Gasteiger partial charge in [0.05, 0.1) is 23.9 Å². The third-order valence-electron chi connectivity index (χ3n) is 3.90. The average molecular weight is 310 g/mol. The van der Waals surface area contributed by atoms with Crippen molar-refractivity contribution in [3.8, 4) is 5.75 Å². The topological polar surface area (TPSA) is 47.3 Å². The number of aliphatic hydroxyl groups excluding tert-OH is 1. The first-order valence-electron chi connectivity index (χ1n) is 7.97. The number of aryl methyl sites for hydroxylation is 2. The van der Waals surface area contributed by atoms with Crippen molar-refractivity contribution in [1.29, 1.82) is 0 Å². The fourth-order valence-electron chi connectivity index (χ4n) is 2.74. The molecule has 0 unspecified atom stereocenters. The number of para-hydroxylation sites is 2. The van der Waals surface area contributed by atoms with E-state index in [0.29, 0.717) is 6.54 Å². The van der Waals surface area contributed by atoms with Crippen LogP contribution in [0.5, 0.6) is 5.75 Å². The Kier molecular flexibility index (Phi) is 4.63. The third-order valence-corrected chi connectivity index (χ3v) is 3.90. The minimum Gasteiger partial charge on any atom is -0.491 e. The molecule has 120 valence electrons. The van der Waals surface area contributed by atoms with E-state index in [2.05, 4.69) is 24.9 Å². The van der Waals surface area contributed by atoms with Gasteiger partial charge in [-0.15, -0.1) is 0 Å². The van der Waals surface area contributed by atoms with Gasteiger partial charge in [0.2, 0.25) is 0 Å². The molecule has 1 aromatic heterocycles. The number of fused-ring (bicyclic) bond motifs is 1. The molecule has 3 aromatic rings. The fourth-order valence-corrected chi connectivity index (χ4v) is 2.74. The highest BCUT2D eigenvalue weighted by Crippen LogP contribution is 2.18. The average Bonchev–Trinajstić information content (AvgIpc) is 2.95. The zero-order valence-corrected chi connectivity index (χ0v) is 13.6. The van der Waals surface area contributed by atoms with Crippen molar-refractivity contribution in [2.75, 3.05) is 6.61 Å². The lowest BCUT2D eigenvalue weighted by Gasteiger charge is -2.14. The van der Waals surface area contributed by atoms with E-state index < -0.39 is 6.10 Å². The number of aliphatic hydroxyl groups is 1. The van der Waals surface area contributed by atoms with Crippen molar-refractivity contribution < 1.29 is 9.84 Å². The van der Waals surface area contributed by atoms with Crippen molar-refractivity contribution in [3.05, 3.63) is 59.9 Å². The lowest BCUT2D eigenvalue weighted by atomic mass is 10.1. The SMILES string of the molecule is CCc1cc(C)cc(OC[C@H](O)Cn2cnc3ccccc32)c1. The molecule has 0 spiro atoms. The molecule has 1 heterocycles. The van der Waals surface area contributed by atoms with E-state index >= 15 is 0 Å². The van der Waals surface area contributed by atoms with Gasteiger partial charge in [0.15, 0.2) is 0 Å². The minimum absolute atomic E-state index is 0.263. The Morgan fingerprint density at radius 1 is 1.22 bits per heavy atom. The van der Waals surface area contributed by atoms with Crippen LogP contribution < -0.4 is 4.74 Å². The van der Waals surface area contributed by atoms with Crippen molar-refractivity contribution >= 4 is 11.0 Å². The maximum absolute atomic E-state index is 10.3. The Bertz CT molecular complexity index is 795. The number of benzene rings is 2. The van der Waals surface area contributed by atoms with Crippen LogP contribution in [-0.2, 0) is 13.0 Å². The second-order valence-electron chi connectivity index (χ2n) is 5.86. The number of nitrogens with zero attached hydrogens (tertiary/aromatic N) is 2. The predicted octanol–water partition coefficient (Wildman–Crippen LogP) is 3.35. The molecule has 0 saturated carbocycles. The second-order valence-corrected chi connectivity index (χ2v) is 5.86. The zero-order valence-electron chi connectivity index (χ0n) is 13.6. The first-order chi connectivity index (χ1) is 11.2. The smallest absolute Gasteiger partial charge is 0.119 e. The Labute approximate surface area is 136 Å². The van der Waals surface area contributed by atoms with Crippen LogP contribution in [0.3, 0.4) is 0 Å². The maximum atomic E-state index is 10.3. The molecular weight excluding hydrogens is 288 g/mol. The molecule has 1 N–H and O–H groups in total. The van der Waals surface area contributed by atoms with E-state index in [-0.39, 0.29) is 6.61 Å². The lowest BCUT2D eigenvalue weighted by Crippen LogP contribution is -2.23. The van der Waals surface area contributed by atoms with Gasteiger partial charge in [0, 0.05) is 0 Å². The summed E-state index contributed by atoms with van der Waals surface area (Å²) in [5.41, 5.74) is 4.38. The summed E-state index contributed by atoms with van der Waals surface area (Å²) >= 11 is 0. The Morgan fingerprint density at radius 2 is 2.04 bits per heavy atom. The lowest BCUT2D eigenvalue weighted by molar-refractivity contribution is 0.0933. The normalized spacial score (nSPS) is 12.5.